The van der Waals surface area contributed by atoms with Gasteiger partial charge in [0, 0.05) is 26.2 Å². The van der Waals surface area contributed by atoms with Crippen molar-refractivity contribution in [2.45, 2.75) is 26.3 Å². The Bertz CT molecular complexity index is 375. The predicted octanol–water partition coefficient (Wildman–Crippen LogP) is -0.522. The summed E-state index contributed by atoms with van der Waals surface area (Å²) in [5.74, 6) is -0.0735. The highest BCUT2D eigenvalue weighted by Crippen LogP contribution is 2.03. The summed E-state index contributed by atoms with van der Waals surface area (Å²) in [5, 5.41) is 0. The second kappa shape index (κ2) is 6.49. The third-order valence-electron chi connectivity index (χ3n) is 3.01. The van der Waals surface area contributed by atoms with Crippen molar-refractivity contribution in [1.29, 1.82) is 0 Å². The normalized spacial score (nSPS) is 19.8. The van der Waals surface area contributed by atoms with Gasteiger partial charge in [-0.2, -0.15) is 0 Å². The van der Waals surface area contributed by atoms with Crippen LogP contribution >= 0.6 is 0 Å². The van der Waals surface area contributed by atoms with Gasteiger partial charge in [0.1, 0.15) is 0 Å². The molecule has 7 heteroatoms. The largest absolute Gasteiger partial charge is 0.339 e. The summed E-state index contributed by atoms with van der Waals surface area (Å²) in [6, 6.07) is -0.676. The number of hydrogen-bond acceptors (Lipinski definition) is 4. The van der Waals surface area contributed by atoms with Crippen LogP contribution in [-0.2, 0) is 14.8 Å². The maximum atomic E-state index is 12.1. The lowest BCUT2D eigenvalue weighted by molar-refractivity contribution is -0.134. The fourth-order valence-corrected chi connectivity index (χ4v) is 3.24. The van der Waals surface area contributed by atoms with Gasteiger partial charge in [-0.25, -0.2) is 13.1 Å². The summed E-state index contributed by atoms with van der Waals surface area (Å²) < 4.78 is 25.6. The topological polar surface area (TPSA) is 69.7 Å². The summed E-state index contributed by atoms with van der Waals surface area (Å²) >= 11 is 0. The van der Waals surface area contributed by atoms with E-state index in [-0.39, 0.29) is 11.7 Å². The van der Waals surface area contributed by atoms with Crippen molar-refractivity contribution in [3.8, 4) is 0 Å². The molecule has 1 heterocycles. The summed E-state index contributed by atoms with van der Waals surface area (Å²) in [6.07, 6.45) is 0.546. The van der Waals surface area contributed by atoms with E-state index in [9.17, 15) is 13.2 Å². The van der Waals surface area contributed by atoms with Gasteiger partial charge in [-0.1, -0.05) is 6.92 Å². The standard InChI is InChI=1S/C11H23N3O3S/c1-4-9-18(16,17)12-10(2)11(15)14-7-5-13(3)6-8-14/h10,12H,4-9H2,1-3H3. The molecule has 0 saturated carbocycles. The number of piperazine rings is 1. The maximum absolute atomic E-state index is 12.1. The molecular weight excluding hydrogens is 254 g/mol. The average Bonchev–Trinajstić information content (AvgIpc) is 2.28. The highest BCUT2D eigenvalue weighted by atomic mass is 32.2. The monoisotopic (exact) mass is 277 g/mol. The van der Waals surface area contributed by atoms with Crippen LogP contribution in [0.3, 0.4) is 0 Å². The van der Waals surface area contributed by atoms with Crippen LogP contribution in [0.4, 0.5) is 0 Å². The molecule has 0 aromatic heterocycles. The van der Waals surface area contributed by atoms with E-state index < -0.39 is 16.1 Å². The van der Waals surface area contributed by atoms with Gasteiger partial charge in [-0.3, -0.25) is 4.79 Å². The van der Waals surface area contributed by atoms with E-state index in [1.807, 2.05) is 7.05 Å². The van der Waals surface area contributed by atoms with Gasteiger partial charge in [-0.05, 0) is 20.4 Å². The Hall–Kier alpha value is -0.660. The minimum absolute atomic E-state index is 0.0629. The first-order chi connectivity index (χ1) is 8.35. The average molecular weight is 277 g/mol. The van der Waals surface area contributed by atoms with Crippen LogP contribution in [0.15, 0.2) is 0 Å². The SMILES string of the molecule is CCCS(=O)(=O)NC(C)C(=O)N1CCN(C)CC1. The van der Waals surface area contributed by atoms with Crippen molar-refractivity contribution in [3.63, 3.8) is 0 Å². The smallest absolute Gasteiger partial charge is 0.240 e. The molecule has 0 aromatic carbocycles. The van der Waals surface area contributed by atoms with E-state index in [4.69, 9.17) is 0 Å². The van der Waals surface area contributed by atoms with Crippen molar-refractivity contribution in [2.75, 3.05) is 39.0 Å². The van der Waals surface area contributed by atoms with Crippen molar-refractivity contribution >= 4 is 15.9 Å². The summed E-state index contributed by atoms with van der Waals surface area (Å²) in [6.45, 7) is 6.39. The first-order valence-corrected chi connectivity index (χ1v) is 7.98. The van der Waals surface area contributed by atoms with Crippen LogP contribution in [0, 0.1) is 0 Å². The minimum Gasteiger partial charge on any atom is -0.339 e. The minimum atomic E-state index is -3.33. The van der Waals surface area contributed by atoms with E-state index in [1.165, 1.54) is 0 Å². The molecule has 0 radical (unpaired) electrons. The van der Waals surface area contributed by atoms with Gasteiger partial charge < -0.3 is 9.80 Å². The number of amides is 1. The molecule has 106 valence electrons. The van der Waals surface area contributed by atoms with Crippen molar-refractivity contribution in [1.82, 2.24) is 14.5 Å². The Labute approximate surface area is 109 Å². The summed E-state index contributed by atoms with van der Waals surface area (Å²) in [7, 11) is -1.32. The second-order valence-electron chi connectivity index (χ2n) is 4.79. The first kappa shape index (κ1) is 15.4. The zero-order valence-electron chi connectivity index (χ0n) is 11.3. The molecule has 18 heavy (non-hydrogen) atoms. The molecule has 1 rings (SSSR count). The van der Waals surface area contributed by atoms with Crippen molar-refractivity contribution in [3.05, 3.63) is 0 Å². The van der Waals surface area contributed by atoms with Crippen molar-refractivity contribution < 1.29 is 13.2 Å². The number of carbonyl (C=O) groups is 1. The Morgan fingerprint density at radius 2 is 1.83 bits per heavy atom. The van der Waals surface area contributed by atoms with Crippen LogP contribution < -0.4 is 4.72 Å². The molecule has 0 aliphatic carbocycles. The van der Waals surface area contributed by atoms with Crippen LogP contribution in [-0.4, -0.2) is 69.1 Å². The number of nitrogens with one attached hydrogen (secondary N) is 1. The molecule has 0 spiro atoms. The van der Waals surface area contributed by atoms with Crippen LogP contribution in [0.1, 0.15) is 20.3 Å². The molecule has 0 aromatic rings. The van der Waals surface area contributed by atoms with E-state index in [2.05, 4.69) is 9.62 Å². The predicted molar refractivity (Wildman–Crippen MR) is 70.8 cm³/mol. The third-order valence-corrected chi connectivity index (χ3v) is 4.67. The lowest BCUT2D eigenvalue weighted by atomic mass is 10.2. The van der Waals surface area contributed by atoms with Crippen LogP contribution in [0.2, 0.25) is 0 Å². The zero-order valence-corrected chi connectivity index (χ0v) is 12.2. The lowest BCUT2D eigenvalue weighted by Gasteiger charge is -2.34. The quantitative estimate of drug-likeness (QED) is 0.734. The highest BCUT2D eigenvalue weighted by molar-refractivity contribution is 7.89. The van der Waals surface area contributed by atoms with Gasteiger partial charge in [0.2, 0.25) is 15.9 Å². The molecule has 1 atom stereocenters. The second-order valence-corrected chi connectivity index (χ2v) is 6.66. The summed E-state index contributed by atoms with van der Waals surface area (Å²) in [5.41, 5.74) is 0. The van der Waals surface area contributed by atoms with E-state index in [0.717, 1.165) is 13.1 Å². The number of carbonyl (C=O) groups excluding carboxylic acids is 1. The molecular formula is C11H23N3O3S. The zero-order chi connectivity index (χ0) is 13.8. The molecule has 1 N–H and O–H groups in total. The Balaban J connectivity index is 2.51. The molecule has 1 saturated heterocycles. The van der Waals surface area contributed by atoms with Gasteiger partial charge >= 0.3 is 0 Å². The molecule has 1 aliphatic rings. The third kappa shape index (κ3) is 4.55. The Kier molecular flexibility index (Phi) is 5.55. The maximum Gasteiger partial charge on any atom is 0.240 e. The number of likely N-dealkylation sites (N-methyl/N-ethyl adjacent to an activating group) is 1. The Morgan fingerprint density at radius 3 is 2.33 bits per heavy atom. The van der Waals surface area contributed by atoms with E-state index >= 15 is 0 Å². The first-order valence-electron chi connectivity index (χ1n) is 6.33. The van der Waals surface area contributed by atoms with Gasteiger partial charge in [-0.15, -0.1) is 0 Å². The number of hydrogen-bond donors (Lipinski definition) is 1. The molecule has 1 unspecified atom stereocenters. The van der Waals surface area contributed by atoms with Crippen LogP contribution in [0.25, 0.3) is 0 Å². The molecule has 1 aliphatic heterocycles. The van der Waals surface area contributed by atoms with E-state index in [0.29, 0.717) is 19.5 Å². The number of rotatable bonds is 5. The van der Waals surface area contributed by atoms with Gasteiger partial charge in [0.05, 0.1) is 11.8 Å². The summed E-state index contributed by atoms with van der Waals surface area (Å²) in [4.78, 5) is 15.9. The lowest BCUT2D eigenvalue weighted by Crippen LogP contribution is -2.53. The van der Waals surface area contributed by atoms with Gasteiger partial charge in [0.15, 0.2) is 0 Å². The number of nitrogens with zero attached hydrogens (tertiary/aromatic N) is 2. The highest BCUT2D eigenvalue weighted by Gasteiger charge is 2.26. The van der Waals surface area contributed by atoms with Crippen LogP contribution in [0.5, 0.6) is 0 Å². The number of sulfonamides is 1. The van der Waals surface area contributed by atoms with Crippen molar-refractivity contribution in [2.24, 2.45) is 0 Å². The Morgan fingerprint density at radius 1 is 1.28 bits per heavy atom. The molecule has 0 bridgehead atoms. The van der Waals surface area contributed by atoms with Gasteiger partial charge in [0.25, 0.3) is 0 Å². The van der Waals surface area contributed by atoms with E-state index in [1.54, 1.807) is 18.7 Å². The molecule has 1 amide bonds. The fraction of sp³-hybridized carbons (Fsp3) is 0.909. The fourth-order valence-electron chi connectivity index (χ4n) is 1.95. The molecule has 6 nitrogen and oxygen atoms in total. The molecule has 1 fully saturated rings.